The Bertz CT molecular complexity index is 713. The maximum Gasteiger partial charge on any atom is 0.257 e. The fraction of sp³-hybridized carbons (Fsp3) is 0.333. The Morgan fingerprint density at radius 1 is 1.29 bits per heavy atom. The van der Waals surface area contributed by atoms with Crippen LogP contribution in [0.3, 0.4) is 0 Å². The molecule has 1 aliphatic heterocycles. The number of nitrogens with zero attached hydrogens (tertiary/aromatic N) is 1. The van der Waals surface area contributed by atoms with Crippen molar-refractivity contribution < 1.29 is 14.3 Å². The summed E-state index contributed by atoms with van der Waals surface area (Å²) in [6.45, 7) is 3.34. The molecule has 1 aromatic carbocycles. The van der Waals surface area contributed by atoms with E-state index >= 15 is 0 Å². The van der Waals surface area contributed by atoms with Crippen LogP contribution in [-0.2, 0) is 4.74 Å². The topological polar surface area (TPSA) is 60.5 Å². The van der Waals surface area contributed by atoms with Crippen LogP contribution in [-0.4, -0.2) is 30.2 Å². The van der Waals surface area contributed by atoms with Crippen molar-refractivity contribution in [2.75, 3.05) is 18.5 Å². The Morgan fingerprint density at radius 2 is 2.08 bits per heavy atom. The van der Waals surface area contributed by atoms with Crippen LogP contribution in [0.5, 0.6) is 5.88 Å². The molecule has 0 atom stereocenters. The number of hydrogen-bond donors (Lipinski definition) is 1. The summed E-state index contributed by atoms with van der Waals surface area (Å²) in [6.07, 6.45) is 3.36. The zero-order valence-corrected chi connectivity index (χ0v) is 14.2. The lowest BCUT2D eigenvalue weighted by atomic mass is 10.1. The monoisotopic (exact) mass is 346 g/mol. The number of amides is 1. The maximum absolute atomic E-state index is 12.3. The molecule has 0 bridgehead atoms. The van der Waals surface area contributed by atoms with E-state index in [1.54, 1.807) is 24.3 Å². The van der Waals surface area contributed by atoms with Crippen LogP contribution in [0, 0.1) is 6.92 Å². The van der Waals surface area contributed by atoms with Gasteiger partial charge in [-0.3, -0.25) is 4.79 Å². The first-order valence-corrected chi connectivity index (χ1v) is 8.27. The fourth-order valence-electron chi connectivity index (χ4n) is 2.47. The molecule has 126 valence electrons. The summed E-state index contributed by atoms with van der Waals surface area (Å²) >= 11 is 5.97. The first-order valence-electron chi connectivity index (χ1n) is 7.90. The van der Waals surface area contributed by atoms with Crippen molar-refractivity contribution in [3.63, 3.8) is 0 Å². The van der Waals surface area contributed by atoms with Crippen LogP contribution >= 0.6 is 11.6 Å². The summed E-state index contributed by atoms with van der Waals surface area (Å²) in [4.78, 5) is 16.6. The van der Waals surface area contributed by atoms with E-state index in [0.29, 0.717) is 35.4 Å². The van der Waals surface area contributed by atoms with Gasteiger partial charge in [-0.05, 0) is 30.7 Å². The fourth-order valence-corrected chi connectivity index (χ4v) is 2.64. The van der Waals surface area contributed by atoms with E-state index < -0.39 is 0 Å². The second-order valence-electron chi connectivity index (χ2n) is 5.73. The molecule has 0 aliphatic carbocycles. The molecule has 24 heavy (non-hydrogen) atoms. The van der Waals surface area contributed by atoms with Gasteiger partial charge in [0.05, 0.1) is 18.8 Å². The molecule has 6 heteroatoms. The van der Waals surface area contributed by atoms with E-state index in [1.807, 2.05) is 13.0 Å². The average Bonchev–Trinajstić information content (AvgIpc) is 2.60. The Kier molecular flexibility index (Phi) is 5.33. The summed E-state index contributed by atoms with van der Waals surface area (Å²) in [5, 5.41) is 3.43. The standard InChI is InChI=1S/C18H19ClN2O3/c1-12-2-4-14(19)10-16(12)21-18(22)13-3-5-17(20-11-13)24-15-6-8-23-9-7-15/h2-5,10-11,15H,6-9H2,1H3,(H,21,22). The van der Waals surface area contributed by atoms with Gasteiger partial charge in [0.15, 0.2) is 0 Å². The third kappa shape index (κ3) is 4.24. The number of carbonyl (C=O) groups is 1. The summed E-state index contributed by atoms with van der Waals surface area (Å²) in [7, 11) is 0. The number of halogens is 1. The number of hydrogen-bond acceptors (Lipinski definition) is 4. The Morgan fingerprint density at radius 3 is 2.79 bits per heavy atom. The normalized spacial score (nSPS) is 15.1. The van der Waals surface area contributed by atoms with Gasteiger partial charge in [0.1, 0.15) is 6.10 Å². The van der Waals surface area contributed by atoms with E-state index in [-0.39, 0.29) is 12.0 Å². The van der Waals surface area contributed by atoms with Crippen molar-refractivity contribution in [2.45, 2.75) is 25.9 Å². The molecule has 2 heterocycles. The van der Waals surface area contributed by atoms with Crippen LogP contribution in [0.1, 0.15) is 28.8 Å². The van der Waals surface area contributed by atoms with Gasteiger partial charge >= 0.3 is 0 Å². The van der Waals surface area contributed by atoms with Crippen LogP contribution < -0.4 is 10.1 Å². The smallest absolute Gasteiger partial charge is 0.257 e. The van der Waals surface area contributed by atoms with Gasteiger partial charge in [-0.2, -0.15) is 0 Å². The lowest BCUT2D eigenvalue weighted by molar-refractivity contribution is 0.0237. The second-order valence-corrected chi connectivity index (χ2v) is 6.16. The van der Waals surface area contributed by atoms with Crippen LogP contribution in [0.2, 0.25) is 5.02 Å². The molecule has 2 aromatic rings. The van der Waals surface area contributed by atoms with E-state index in [9.17, 15) is 4.79 Å². The number of carbonyl (C=O) groups excluding carboxylic acids is 1. The highest BCUT2D eigenvalue weighted by Gasteiger charge is 2.16. The number of pyridine rings is 1. The molecule has 5 nitrogen and oxygen atoms in total. The van der Waals surface area contributed by atoms with Crippen LogP contribution in [0.25, 0.3) is 0 Å². The molecule has 1 aliphatic rings. The van der Waals surface area contributed by atoms with Crippen molar-refractivity contribution in [3.05, 3.63) is 52.7 Å². The number of benzene rings is 1. The molecule has 3 rings (SSSR count). The molecule has 1 aromatic heterocycles. The largest absolute Gasteiger partial charge is 0.474 e. The van der Waals surface area contributed by atoms with Crippen LogP contribution in [0.15, 0.2) is 36.5 Å². The summed E-state index contributed by atoms with van der Waals surface area (Å²) < 4.78 is 11.1. The van der Waals surface area contributed by atoms with Crippen molar-refractivity contribution in [1.82, 2.24) is 4.98 Å². The van der Waals surface area contributed by atoms with E-state index in [4.69, 9.17) is 21.1 Å². The molecule has 0 unspecified atom stereocenters. The zero-order chi connectivity index (χ0) is 16.9. The van der Waals surface area contributed by atoms with Crippen LogP contribution in [0.4, 0.5) is 5.69 Å². The first-order chi connectivity index (χ1) is 11.6. The third-order valence-electron chi connectivity index (χ3n) is 3.90. The highest BCUT2D eigenvalue weighted by atomic mass is 35.5. The molecule has 1 amide bonds. The lowest BCUT2D eigenvalue weighted by Crippen LogP contribution is -2.26. The van der Waals surface area contributed by atoms with Crippen molar-refractivity contribution in [2.24, 2.45) is 0 Å². The SMILES string of the molecule is Cc1ccc(Cl)cc1NC(=O)c1ccc(OC2CCOCC2)nc1. The minimum absolute atomic E-state index is 0.125. The Labute approximate surface area is 145 Å². The molecular weight excluding hydrogens is 328 g/mol. The Hall–Kier alpha value is -2.11. The highest BCUT2D eigenvalue weighted by Crippen LogP contribution is 2.21. The summed E-state index contributed by atoms with van der Waals surface area (Å²) in [5.41, 5.74) is 2.10. The number of ether oxygens (including phenoxy) is 2. The molecule has 0 saturated carbocycles. The summed E-state index contributed by atoms with van der Waals surface area (Å²) in [6, 6.07) is 8.80. The first kappa shape index (κ1) is 16.7. The molecule has 1 N–H and O–H groups in total. The predicted molar refractivity (Wildman–Crippen MR) is 92.8 cm³/mol. The van der Waals surface area contributed by atoms with Crippen molar-refractivity contribution in [1.29, 1.82) is 0 Å². The van der Waals surface area contributed by atoms with Gasteiger partial charge in [-0.25, -0.2) is 4.98 Å². The molecule has 0 spiro atoms. The second kappa shape index (κ2) is 7.64. The van der Waals surface area contributed by atoms with Gasteiger partial charge in [-0.1, -0.05) is 17.7 Å². The molecular formula is C18H19ClN2O3. The van der Waals surface area contributed by atoms with Gasteiger partial charge in [0.2, 0.25) is 5.88 Å². The maximum atomic E-state index is 12.3. The lowest BCUT2D eigenvalue weighted by Gasteiger charge is -2.22. The van der Waals surface area contributed by atoms with E-state index in [2.05, 4.69) is 10.3 Å². The number of rotatable bonds is 4. The number of nitrogens with one attached hydrogen (secondary N) is 1. The quantitative estimate of drug-likeness (QED) is 0.913. The molecule has 1 saturated heterocycles. The predicted octanol–water partition coefficient (Wildman–Crippen LogP) is 3.85. The van der Waals surface area contributed by atoms with Crippen molar-refractivity contribution >= 4 is 23.2 Å². The average molecular weight is 347 g/mol. The highest BCUT2D eigenvalue weighted by molar-refractivity contribution is 6.31. The minimum atomic E-state index is -0.231. The number of aryl methyl sites for hydroxylation is 1. The van der Waals surface area contributed by atoms with Gasteiger partial charge < -0.3 is 14.8 Å². The zero-order valence-electron chi connectivity index (χ0n) is 13.4. The summed E-state index contributed by atoms with van der Waals surface area (Å²) in [5.74, 6) is 0.294. The molecule has 0 radical (unpaired) electrons. The number of aromatic nitrogens is 1. The van der Waals surface area contributed by atoms with Gasteiger partial charge in [-0.15, -0.1) is 0 Å². The van der Waals surface area contributed by atoms with E-state index in [0.717, 1.165) is 18.4 Å². The Balaban J connectivity index is 1.64. The van der Waals surface area contributed by atoms with Crippen molar-refractivity contribution in [3.8, 4) is 5.88 Å². The third-order valence-corrected chi connectivity index (χ3v) is 4.14. The van der Waals surface area contributed by atoms with E-state index in [1.165, 1.54) is 6.20 Å². The molecule has 1 fully saturated rings. The van der Waals surface area contributed by atoms with Gasteiger partial charge in [0, 0.05) is 35.8 Å². The number of anilines is 1. The minimum Gasteiger partial charge on any atom is -0.474 e. The van der Waals surface area contributed by atoms with Gasteiger partial charge in [0.25, 0.3) is 5.91 Å².